The van der Waals surface area contributed by atoms with Crippen LogP contribution in [0.1, 0.15) is 31.7 Å². The number of amides is 1. The molecule has 4 heteroatoms. The van der Waals surface area contributed by atoms with E-state index in [9.17, 15) is 14.3 Å². The molecule has 1 fully saturated rings. The van der Waals surface area contributed by atoms with E-state index in [2.05, 4.69) is 5.32 Å². The van der Waals surface area contributed by atoms with Gasteiger partial charge in [-0.25, -0.2) is 4.39 Å². The zero-order valence-electron chi connectivity index (χ0n) is 10.4. The van der Waals surface area contributed by atoms with Crippen molar-refractivity contribution in [2.24, 2.45) is 0 Å². The lowest BCUT2D eigenvalue weighted by Gasteiger charge is -2.40. The first-order valence-electron chi connectivity index (χ1n) is 6.27. The molecule has 0 aromatic heterocycles. The maximum atomic E-state index is 12.9. The lowest BCUT2D eigenvalue weighted by molar-refractivity contribution is -0.130. The summed E-state index contributed by atoms with van der Waals surface area (Å²) in [7, 11) is 0. The second-order valence-corrected chi connectivity index (χ2v) is 5.00. The Labute approximate surface area is 106 Å². The van der Waals surface area contributed by atoms with Gasteiger partial charge in [0.1, 0.15) is 5.82 Å². The normalized spacial score (nSPS) is 18.8. The highest BCUT2D eigenvalue weighted by Crippen LogP contribution is 2.43. The van der Waals surface area contributed by atoms with Gasteiger partial charge in [0.05, 0.1) is 11.5 Å². The minimum atomic E-state index is -0.556. The van der Waals surface area contributed by atoms with E-state index in [0.29, 0.717) is 0 Å². The van der Waals surface area contributed by atoms with Crippen LogP contribution in [0.15, 0.2) is 24.3 Å². The summed E-state index contributed by atoms with van der Waals surface area (Å²) < 4.78 is 12.9. The molecule has 0 aliphatic heterocycles. The van der Waals surface area contributed by atoms with Gasteiger partial charge in [0.2, 0.25) is 5.91 Å². The number of hydrogen-bond donors (Lipinski definition) is 2. The number of aliphatic hydroxyl groups excluding tert-OH is 1. The maximum absolute atomic E-state index is 12.9. The quantitative estimate of drug-likeness (QED) is 0.856. The van der Waals surface area contributed by atoms with Gasteiger partial charge in [-0.2, -0.15) is 0 Å². The fourth-order valence-corrected chi connectivity index (χ4v) is 2.36. The Morgan fingerprint density at radius 3 is 2.50 bits per heavy atom. The molecule has 2 rings (SSSR count). The van der Waals surface area contributed by atoms with E-state index in [0.717, 1.165) is 24.8 Å². The van der Waals surface area contributed by atoms with Crippen molar-refractivity contribution < 1.29 is 14.3 Å². The van der Waals surface area contributed by atoms with Crippen molar-refractivity contribution in [2.75, 3.05) is 6.54 Å². The molecular formula is C14H18FNO2. The monoisotopic (exact) mass is 251 g/mol. The van der Waals surface area contributed by atoms with Gasteiger partial charge in [0, 0.05) is 6.54 Å². The van der Waals surface area contributed by atoms with Gasteiger partial charge in [-0.15, -0.1) is 0 Å². The molecule has 1 aromatic carbocycles. The fraction of sp³-hybridized carbons (Fsp3) is 0.500. The average molecular weight is 251 g/mol. The van der Waals surface area contributed by atoms with Crippen LogP contribution in [0.3, 0.4) is 0 Å². The largest absolute Gasteiger partial charge is 0.392 e. The van der Waals surface area contributed by atoms with Crippen LogP contribution in [-0.2, 0) is 10.2 Å². The molecule has 1 amide bonds. The molecule has 1 aliphatic carbocycles. The van der Waals surface area contributed by atoms with Crippen molar-refractivity contribution in [3.05, 3.63) is 35.6 Å². The van der Waals surface area contributed by atoms with E-state index < -0.39 is 11.5 Å². The van der Waals surface area contributed by atoms with Crippen LogP contribution in [0.25, 0.3) is 0 Å². The summed E-state index contributed by atoms with van der Waals surface area (Å²) in [4.78, 5) is 12.2. The van der Waals surface area contributed by atoms with Gasteiger partial charge >= 0.3 is 0 Å². The Hall–Kier alpha value is -1.42. The zero-order chi connectivity index (χ0) is 13.2. The minimum Gasteiger partial charge on any atom is -0.392 e. The molecule has 1 atom stereocenters. The molecule has 1 aliphatic rings. The number of carbonyl (C=O) groups excluding carboxylic acids is 1. The topological polar surface area (TPSA) is 49.3 Å². The molecule has 98 valence electrons. The van der Waals surface area contributed by atoms with Crippen molar-refractivity contribution in [1.29, 1.82) is 0 Å². The third kappa shape index (κ3) is 2.38. The van der Waals surface area contributed by atoms with Crippen LogP contribution in [-0.4, -0.2) is 23.7 Å². The number of nitrogens with one attached hydrogen (secondary N) is 1. The van der Waals surface area contributed by atoms with Crippen LogP contribution in [0.4, 0.5) is 4.39 Å². The second-order valence-electron chi connectivity index (χ2n) is 5.00. The van der Waals surface area contributed by atoms with Gasteiger partial charge in [-0.1, -0.05) is 18.6 Å². The van der Waals surface area contributed by atoms with E-state index in [-0.39, 0.29) is 18.3 Å². The molecule has 1 saturated carbocycles. The fourth-order valence-electron chi connectivity index (χ4n) is 2.36. The van der Waals surface area contributed by atoms with Crippen molar-refractivity contribution in [2.45, 2.75) is 37.7 Å². The SMILES string of the molecule is CC(O)CNC(=O)C1(c2ccc(F)cc2)CCC1. The highest BCUT2D eigenvalue weighted by atomic mass is 19.1. The number of carbonyl (C=O) groups is 1. The van der Waals surface area contributed by atoms with Crippen molar-refractivity contribution >= 4 is 5.91 Å². The first-order valence-corrected chi connectivity index (χ1v) is 6.27. The predicted octanol–water partition coefficient (Wildman–Crippen LogP) is 1.74. The van der Waals surface area contributed by atoms with E-state index in [1.807, 2.05) is 0 Å². The Balaban J connectivity index is 2.15. The number of benzene rings is 1. The van der Waals surface area contributed by atoms with Crippen molar-refractivity contribution in [3.8, 4) is 0 Å². The van der Waals surface area contributed by atoms with Crippen LogP contribution in [0, 0.1) is 5.82 Å². The predicted molar refractivity (Wildman–Crippen MR) is 66.6 cm³/mol. The van der Waals surface area contributed by atoms with Gasteiger partial charge in [0.25, 0.3) is 0 Å². The van der Waals surface area contributed by atoms with Gasteiger partial charge < -0.3 is 10.4 Å². The van der Waals surface area contributed by atoms with Gasteiger partial charge in [-0.05, 0) is 37.5 Å². The number of halogens is 1. The molecule has 2 N–H and O–H groups in total. The summed E-state index contributed by atoms with van der Waals surface area (Å²) in [5.74, 6) is -0.362. The molecule has 0 bridgehead atoms. The van der Waals surface area contributed by atoms with Crippen molar-refractivity contribution in [1.82, 2.24) is 5.32 Å². The summed E-state index contributed by atoms with van der Waals surface area (Å²) in [5.41, 5.74) is 0.334. The van der Waals surface area contributed by atoms with E-state index in [1.54, 1.807) is 19.1 Å². The molecule has 0 radical (unpaired) electrons. The lowest BCUT2D eigenvalue weighted by Crippen LogP contribution is -2.50. The summed E-state index contributed by atoms with van der Waals surface area (Å²) in [6, 6.07) is 6.13. The Morgan fingerprint density at radius 1 is 1.44 bits per heavy atom. The summed E-state index contributed by atoms with van der Waals surface area (Å²) in [6.07, 6.45) is 2.01. The molecule has 18 heavy (non-hydrogen) atoms. The maximum Gasteiger partial charge on any atom is 0.230 e. The minimum absolute atomic E-state index is 0.0683. The summed E-state index contributed by atoms with van der Waals surface area (Å²) >= 11 is 0. The number of aliphatic hydroxyl groups is 1. The average Bonchev–Trinajstić information content (AvgIpc) is 2.27. The van der Waals surface area contributed by atoms with Gasteiger partial charge in [-0.3, -0.25) is 4.79 Å². The first-order chi connectivity index (χ1) is 8.54. The van der Waals surface area contributed by atoms with Crippen molar-refractivity contribution in [3.63, 3.8) is 0 Å². The van der Waals surface area contributed by atoms with E-state index >= 15 is 0 Å². The van der Waals surface area contributed by atoms with E-state index in [1.165, 1.54) is 12.1 Å². The number of hydrogen-bond acceptors (Lipinski definition) is 2. The third-order valence-electron chi connectivity index (χ3n) is 3.60. The second kappa shape index (κ2) is 5.06. The highest BCUT2D eigenvalue weighted by Gasteiger charge is 2.45. The molecule has 3 nitrogen and oxygen atoms in total. The van der Waals surface area contributed by atoms with Crippen LogP contribution in [0.2, 0.25) is 0 Å². The van der Waals surface area contributed by atoms with Crippen LogP contribution < -0.4 is 5.32 Å². The van der Waals surface area contributed by atoms with Crippen LogP contribution in [0.5, 0.6) is 0 Å². The molecule has 0 spiro atoms. The Morgan fingerprint density at radius 2 is 2.06 bits per heavy atom. The van der Waals surface area contributed by atoms with Gasteiger partial charge in [0.15, 0.2) is 0 Å². The Kier molecular flexibility index (Phi) is 3.66. The van der Waals surface area contributed by atoms with E-state index in [4.69, 9.17) is 0 Å². The Bertz CT molecular complexity index is 424. The smallest absolute Gasteiger partial charge is 0.230 e. The standard InChI is InChI=1S/C14H18FNO2/c1-10(17)9-16-13(18)14(7-2-8-14)11-3-5-12(15)6-4-11/h3-6,10,17H,2,7-9H2,1H3,(H,16,18). The highest BCUT2D eigenvalue weighted by molar-refractivity contribution is 5.89. The first kappa shape index (κ1) is 13.0. The van der Waals surface area contributed by atoms with Crippen LogP contribution >= 0.6 is 0 Å². The zero-order valence-corrected chi connectivity index (χ0v) is 10.4. The number of rotatable bonds is 4. The molecule has 1 aromatic rings. The third-order valence-corrected chi connectivity index (χ3v) is 3.60. The lowest BCUT2D eigenvalue weighted by atomic mass is 9.64. The molecule has 0 heterocycles. The molecule has 1 unspecified atom stereocenters. The molecular weight excluding hydrogens is 233 g/mol. The summed E-state index contributed by atoms with van der Waals surface area (Å²) in [5, 5.41) is 12.0. The summed E-state index contributed by atoms with van der Waals surface area (Å²) in [6.45, 7) is 1.88. The molecule has 0 saturated heterocycles.